The molecule has 7 heteroatoms. The largest absolute Gasteiger partial charge is 0.480 e. The molecule has 0 aliphatic heterocycles. The van der Waals surface area contributed by atoms with Crippen LogP contribution in [0, 0.1) is 0 Å². The number of carboxylic acid groups (broad SMARTS) is 1. The number of carbonyl (C=O) groups excluding carboxylic acids is 1. The van der Waals surface area contributed by atoms with Gasteiger partial charge < -0.3 is 21.3 Å². The molecule has 0 aliphatic carbocycles. The molecule has 0 heterocycles. The van der Waals surface area contributed by atoms with Crippen molar-refractivity contribution >= 4 is 24.5 Å². The first-order valence-electron chi connectivity index (χ1n) is 3.97. The molecule has 0 aromatic carbocycles. The van der Waals surface area contributed by atoms with Crippen LogP contribution in [-0.2, 0) is 9.59 Å². The van der Waals surface area contributed by atoms with Crippen molar-refractivity contribution in [3.05, 3.63) is 0 Å². The average molecular weight is 222 g/mol. The van der Waals surface area contributed by atoms with Crippen LogP contribution in [0.25, 0.3) is 0 Å². The molecule has 0 unspecified atom stereocenters. The SMILES string of the molecule is C[C@@H](O)[C@H](N)C(=O)N[C@@H](CS)C(=O)O. The van der Waals surface area contributed by atoms with Gasteiger partial charge in [-0.15, -0.1) is 0 Å². The molecule has 0 aromatic heterocycles. The third-order valence-corrected chi connectivity index (χ3v) is 1.98. The third kappa shape index (κ3) is 3.95. The maximum atomic E-state index is 11.2. The van der Waals surface area contributed by atoms with Gasteiger partial charge in [-0.25, -0.2) is 4.79 Å². The van der Waals surface area contributed by atoms with E-state index in [0.717, 1.165) is 0 Å². The second-order valence-electron chi connectivity index (χ2n) is 2.85. The summed E-state index contributed by atoms with van der Waals surface area (Å²) in [6, 6.07) is -2.22. The van der Waals surface area contributed by atoms with Crippen molar-refractivity contribution in [3.63, 3.8) is 0 Å². The normalized spacial score (nSPS) is 16.9. The van der Waals surface area contributed by atoms with E-state index in [1.165, 1.54) is 6.92 Å². The standard InChI is InChI=1S/C7H14N2O4S/c1-3(10)5(8)6(11)9-4(2-14)7(12)13/h3-5,10,14H,2,8H2,1H3,(H,9,11)(H,12,13)/t3-,4+,5+/m1/s1. The number of thiol groups is 1. The van der Waals surface area contributed by atoms with Crippen molar-refractivity contribution < 1.29 is 19.8 Å². The summed E-state index contributed by atoms with van der Waals surface area (Å²) in [6.07, 6.45) is -1.02. The highest BCUT2D eigenvalue weighted by atomic mass is 32.1. The van der Waals surface area contributed by atoms with Crippen molar-refractivity contribution in [2.45, 2.75) is 25.1 Å². The number of hydrogen-bond acceptors (Lipinski definition) is 5. The summed E-state index contributed by atoms with van der Waals surface area (Å²) in [5.74, 6) is -1.93. The molecule has 0 rings (SSSR count). The molecule has 0 aromatic rings. The number of carboxylic acids is 1. The number of aliphatic hydroxyl groups is 1. The number of rotatable bonds is 5. The van der Waals surface area contributed by atoms with E-state index >= 15 is 0 Å². The molecular weight excluding hydrogens is 208 g/mol. The van der Waals surface area contributed by atoms with E-state index in [-0.39, 0.29) is 5.75 Å². The highest BCUT2D eigenvalue weighted by Gasteiger charge is 2.24. The number of aliphatic hydroxyl groups excluding tert-OH is 1. The minimum Gasteiger partial charge on any atom is -0.480 e. The second kappa shape index (κ2) is 5.84. The first-order chi connectivity index (χ1) is 6.40. The Bertz CT molecular complexity index is 222. The Morgan fingerprint density at radius 3 is 2.36 bits per heavy atom. The molecule has 5 N–H and O–H groups in total. The van der Waals surface area contributed by atoms with Gasteiger partial charge in [-0.2, -0.15) is 12.6 Å². The first-order valence-corrected chi connectivity index (χ1v) is 4.61. The smallest absolute Gasteiger partial charge is 0.327 e. The summed E-state index contributed by atoms with van der Waals surface area (Å²) >= 11 is 3.75. The third-order valence-electron chi connectivity index (χ3n) is 1.62. The first kappa shape index (κ1) is 13.2. The van der Waals surface area contributed by atoms with Crippen molar-refractivity contribution in [3.8, 4) is 0 Å². The summed E-state index contributed by atoms with van der Waals surface area (Å²) in [5.41, 5.74) is 5.28. The van der Waals surface area contributed by atoms with Gasteiger partial charge >= 0.3 is 5.97 Å². The summed E-state index contributed by atoms with van der Waals surface area (Å²) in [4.78, 5) is 21.7. The fourth-order valence-electron chi connectivity index (χ4n) is 0.672. The van der Waals surface area contributed by atoms with Gasteiger partial charge in [0.15, 0.2) is 0 Å². The van der Waals surface area contributed by atoms with Gasteiger partial charge in [-0.3, -0.25) is 4.79 Å². The van der Waals surface area contributed by atoms with E-state index in [4.69, 9.17) is 15.9 Å². The van der Waals surface area contributed by atoms with Gasteiger partial charge in [-0.05, 0) is 6.92 Å². The molecule has 0 aliphatic rings. The number of nitrogens with one attached hydrogen (secondary N) is 1. The van der Waals surface area contributed by atoms with Crippen LogP contribution in [0.1, 0.15) is 6.92 Å². The zero-order valence-electron chi connectivity index (χ0n) is 7.67. The van der Waals surface area contributed by atoms with Crippen LogP contribution in [0.5, 0.6) is 0 Å². The Kier molecular flexibility index (Phi) is 5.51. The summed E-state index contributed by atoms with van der Waals surface area (Å²) in [6.45, 7) is 1.35. The van der Waals surface area contributed by atoms with Crippen LogP contribution in [0.4, 0.5) is 0 Å². The van der Waals surface area contributed by atoms with Gasteiger partial charge in [0, 0.05) is 5.75 Å². The van der Waals surface area contributed by atoms with E-state index in [1.807, 2.05) is 0 Å². The van der Waals surface area contributed by atoms with Crippen molar-refractivity contribution in [2.24, 2.45) is 5.73 Å². The summed E-state index contributed by atoms with van der Waals surface area (Å²) in [7, 11) is 0. The molecule has 1 amide bonds. The highest BCUT2D eigenvalue weighted by molar-refractivity contribution is 7.80. The van der Waals surface area contributed by atoms with Crippen molar-refractivity contribution in [1.29, 1.82) is 0 Å². The van der Waals surface area contributed by atoms with E-state index in [1.54, 1.807) is 0 Å². The van der Waals surface area contributed by atoms with E-state index < -0.39 is 30.1 Å². The molecule has 0 saturated carbocycles. The Balaban J connectivity index is 4.22. The predicted molar refractivity (Wildman–Crippen MR) is 53.1 cm³/mol. The zero-order valence-corrected chi connectivity index (χ0v) is 8.57. The molecule has 6 nitrogen and oxygen atoms in total. The van der Waals surface area contributed by atoms with Crippen LogP contribution < -0.4 is 11.1 Å². The predicted octanol–water partition coefficient (Wildman–Crippen LogP) is -1.81. The highest BCUT2D eigenvalue weighted by Crippen LogP contribution is 1.93. The van der Waals surface area contributed by atoms with Crippen LogP contribution in [0.2, 0.25) is 0 Å². The fourth-order valence-corrected chi connectivity index (χ4v) is 0.920. The number of nitrogens with two attached hydrogens (primary N) is 1. The lowest BCUT2D eigenvalue weighted by Gasteiger charge is -2.17. The Hall–Kier alpha value is -0.790. The fraction of sp³-hybridized carbons (Fsp3) is 0.714. The van der Waals surface area contributed by atoms with Gasteiger partial charge in [0.1, 0.15) is 12.1 Å². The summed E-state index contributed by atoms with van der Waals surface area (Å²) in [5, 5.41) is 19.7. The maximum absolute atomic E-state index is 11.2. The maximum Gasteiger partial charge on any atom is 0.327 e. The number of hydrogen-bond donors (Lipinski definition) is 5. The molecule has 0 bridgehead atoms. The number of aliphatic carboxylic acids is 1. The zero-order chi connectivity index (χ0) is 11.3. The lowest BCUT2D eigenvalue weighted by Crippen LogP contribution is -2.52. The number of amides is 1. The van der Waals surface area contributed by atoms with Crippen LogP contribution in [0.15, 0.2) is 0 Å². The molecule has 0 saturated heterocycles. The van der Waals surface area contributed by atoms with Gasteiger partial charge in [0.05, 0.1) is 6.10 Å². The lowest BCUT2D eigenvalue weighted by atomic mass is 10.2. The molecule has 0 radical (unpaired) electrons. The Morgan fingerprint density at radius 1 is 1.57 bits per heavy atom. The molecule has 14 heavy (non-hydrogen) atoms. The van der Waals surface area contributed by atoms with Crippen LogP contribution in [0.3, 0.4) is 0 Å². The average Bonchev–Trinajstić information content (AvgIpc) is 2.11. The molecule has 0 fully saturated rings. The van der Waals surface area contributed by atoms with Gasteiger partial charge in [-0.1, -0.05) is 0 Å². The molecular formula is C7H14N2O4S. The molecule has 82 valence electrons. The van der Waals surface area contributed by atoms with E-state index in [2.05, 4.69) is 17.9 Å². The molecule has 3 atom stereocenters. The monoisotopic (exact) mass is 222 g/mol. The summed E-state index contributed by atoms with van der Waals surface area (Å²) < 4.78 is 0. The topological polar surface area (TPSA) is 113 Å². The minimum atomic E-state index is -1.19. The Labute approximate surface area is 86.9 Å². The second-order valence-corrected chi connectivity index (χ2v) is 3.21. The Morgan fingerprint density at radius 2 is 2.07 bits per heavy atom. The van der Waals surface area contributed by atoms with E-state index in [9.17, 15) is 9.59 Å². The van der Waals surface area contributed by atoms with Crippen LogP contribution >= 0.6 is 12.6 Å². The molecule has 0 spiro atoms. The van der Waals surface area contributed by atoms with Gasteiger partial charge in [0.25, 0.3) is 0 Å². The lowest BCUT2D eigenvalue weighted by molar-refractivity contribution is -0.141. The number of carbonyl (C=O) groups is 2. The van der Waals surface area contributed by atoms with Crippen molar-refractivity contribution in [2.75, 3.05) is 5.75 Å². The van der Waals surface area contributed by atoms with Crippen LogP contribution in [-0.4, -0.2) is 46.0 Å². The van der Waals surface area contributed by atoms with Crippen molar-refractivity contribution in [1.82, 2.24) is 5.32 Å². The van der Waals surface area contributed by atoms with Gasteiger partial charge in [0.2, 0.25) is 5.91 Å². The van der Waals surface area contributed by atoms with E-state index in [0.29, 0.717) is 0 Å². The quantitative estimate of drug-likeness (QED) is 0.352. The minimum absolute atomic E-state index is 0.0341.